The fourth-order valence-electron chi connectivity index (χ4n) is 1.90. The first-order valence-corrected chi connectivity index (χ1v) is 7.47. The van der Waals surface area contributed by atoms with Gasteiger partial charge in [0.25, 0.3) is 10.0 Å². The molecule has 7 heteroatoms. The van der Waals surface area contributed by atoms with Crippen molar-refractivity contribution < 1.29 is 17.2 Å². The van der Waals surface area contributed by atoms with Gasteiger partial charge in [-0.1, -0.05) is 28.8 Å². The molecule has 0 amide bonds. The Hall–Kier alpha value is 0.250. The monoisotopic (exact) mass is 305 g/mol. The van der Waals surface area contributed by atoms with Crippen LogP contribution in [0.5, 0.6) is 0 Å². The number of halogens is 3. The van der Waals surface area contributed by atoms with Crippen molar-refractivity contribution in [3.63, 3.8) is 0 Å². The first-order valence-electron chi connectivity index (χ1n) is 4.85. The van der Waals surface area contributed by atoms with Gasteiger partial charge in [0.15, 0.2) is 0 Å². The maximum Gasteiger partial charge on any atom is 0.350 e. The molecule has 0 radical (unpaired) electrons. The Labute approximate surface area is 97.0 Å². The van der Waals surface area contributed by atoms with Gasteiger partial charge < -0.3 is 0 Å². The highest BCUT2D eigenvalue weighted by atomic mass is 79.9. The van der Waals surface area contributed by atoms with Gasteiger partial charge >= 0.3 is 5.76 Å². The van der Waals surface area contributed by atoms with Crippen molar-refractivity contribution in [2.24, 2.45) is 0 Å². The van der Waals surface area contributed by atoms with Crippen LogP contribution in [0.3, 0.4) is 0 Å². The highest BCUT2D eigenvalue weighted by molar-refractivity contribution is 9.09. The Morgan fingerprint density at radius 3 is 2.27 bits per heavy atom. The first-order chi connectivity index (χ1) is 7.00. The minimum absolute atomic E-state index is 0.122. The van der Waals surface area contributed by atoms with Crippen molar-refractivity contribution in [1.29, 1.82) is 0 Å². The van der Waals surface area contributed by atoms with Crippen molar-refractivity contribution in [2.45, 2.75) is 37.5 Å². The molecule has 0 aromatic heterocycles. The number of rotatable bonds is 5. The van der Waals surface area contributed by atoms with Crippen LogP contribution in [-0.4, -0.2) is 36.4 Å². The topological polar surface area (TPSA) is 37.4 Å². The van der Waals surface area contributed by atoms with Crippen molar-refractivity contribution in [2.75, 3.05) is 11.9 Å². The second kappa shape index (κ2) is 5.54. The summed E-state index contributed by atoms with van der Waals surface area (Å²) in [6.45, 7) is 0.122. The number of alkyl halides is 3. The third kappa shape index (κ3) is 3.10. The fraction of sp³-hybridized carbons (Fsp3) is 1.00. The Bertz CT molecular complexity index is 291. The van der Waals surface area contributed by atoms with E-state index in [1.54, 1.807) is 0 Å². The molecular formula is C8H14BrF2NO2S. The number of nitrogens with zero attached hydrogens (tertiary/aromatic N) is 1. The average molecular weight is 306 g/mol. The van der Waals surface area contributed by atoms with E-state index in [1.807, 2.05) is 0 Å². The smallest absolute Gasteiger partial charge is 0.206 e. The summed E-state index contributed by atoms with van der Waals surface area (Å²) in [5.41, 5.74) is 0. The molecule has 1 aliphatic carbocycles. The van der Waals surface area contributed by atoms with Crippen molar-refractivity contribution >= 4 is 26.0 Å². The van der Waals surface area contributed by atoms with Gasteiger partial charge in [-0.3, -0.25) is 0 Å². The van der Waals surface area contributed by atoms with Crippen molar-refractivity contribution in [1.82, 2.24) is 4.31 Å². The molecule has 90 valence electrons. The van der Waals surface area contributed by atoms with Crippen LogP contribution in [0.15, 0.2) is 0 Å². The summed E-state index contributed by atoms with van der Waals surface area (Å²) < 4.78 is 48.5. The predicted octanol–water partition coefficient (Wildman–Crippen LogP) is 2.18. The van der Waals surface area contributed by atoms with Gasteiger partial charge in [-0.15, -0.1) is 0 Å². The van der Waals surface area contributed by atoms with Crippen LogP contribution in [0.25, 0.3) is 0 Å². The van der Waals surface area contributed by atoms with Crippen molar-refractivity contribution in [3.05, 3.63) is 0 Å². The molecule has 1 aliphatic rings. The van der Waals surface area contributed by atoms with Crippen LogP contribution in [0, 0.1) is 0 Å². The predicted molar refractivity (Wildman–Crippen MR) is 57.7 cm³/mol. The lowest BCUT2D eigenvalue weighted by molar-refractivity contribution is 0.210. The van der Waals surface area contributed by atoms with Gasteiger partial charge in [0.05, 0.1) is 0 Å². The minimum atomic E-state index is -4.41. The summed E-state index contributed by atoms with van der Waals surface area (Å²) in [6, 6.07) is -0.235. The summed E-state index contributed by atoms with van der Waals surface area (Å²) in [7, 11) is -4.41. The third-order valence-corrected chi connectivity index (χ3v) is 4.53. The van der Waals surface area contributed by atoms with E-state index in [4.69, 9.17) is 0 Å². The molecule has 1 saturated carbocycles. The van der Waals surface area contributed by atoms with Crippen LogP contribution in [0.1, 0.15) is 25.7 Å². The van der Waals surface area contributed by atoms with Gasteiger partial charge in [0.1, 0.15) is 0 Å². The summed E-state index contributed by atoms with van der Waals surface area (Å²) >= 11 is 3.09. The van der Waals surface area contributed by atoms with E-state index < -0.39 is 15.8 Å². The zero-order valence-corrected chi connectivity index (χ0v) is 10.6. The molecule has 0 aromatic rings. The molecule has 0 atom stereocenters. The zero-order chi connectivity index (χ0) is 11.5. The molecule has 0 aliphatic heterocycles. The van der Waals surface area contributed by atoms with Crippen LogP contribution >= 0.6 is 15.9 Å². The Kier molecular flexibility index (Phi) is 4.92. The summed E-state index contributed by atoms with van der Waals surface area (Å²) in [5, 5.41) is 0.384. The molecule has 0 saturated heterocycles. The lowest BCUT2D eigenvalue weighted by Gasteiger charge is -2.26. The molecule has 1 rings (SSSR count). The molecule has 0 heterocycles. The molecule has 1 fully saturated rings. The summed E-state index contributed by atoms with van der Waals surface area (Å²) in [5.74, 6) is -3.31. The van der Waals surface area contributed by atoms with Gasteiger partial charge in [-0.2, -0.15) is 13.1 Å². The highest BCUT2D eigenvalue weighted by Crippen LogP contribution is 2.27. The molecule has 0 unspecified atom stereocenters. The molecule has 0 bridgehead atoms. The zero-order valence-electron chi connectivity index (χ0n) is 8.20. The lowest BCUT2D eigenvalue weighted by Crippen LogP contribution is -2.42. The summed E-state index contributed by atoms with van der Waals surface area (Å²) in [6.07, 6.45) is 3.22. The van der Waals surface area contributed by atoms with Gasteiger partial charge in [-0.05, 0) is 12.8 Å². The van der Waals surface area contributed by atoms with E-state index in [1.165, 1.54) is 0 Å². The SMILES string of the molecule is O=S(=O)(C(F)F)N(CCBr)C1CCCC1. The normalized spacial score (nSPS) is 19.3. The van der Waals surface area contributed by atoms with E-state index in [9.17, 15) is 17.2 Å². The molecule has 15 heavy (non-hydrogen) atoms. The van der Waals surface area contributed by atoms with Gasteiger partial charge in [0, 0.05) is 17.9 Å². The second-order valence-corrected chi connectivity index (χ2v) is 6.19. The van der Waals surface area contributed by atoms with Crippen LogP contribution in [0.4, 0.5) is 8.78 Å². The lowest BCUT2D eigenvalue weighted by atomic mass is 10.2. The van der Waals surface area contributed by atoms with E-state index in [0.717, 1.165) is 17.1 Å². The van der Waals surface area contributed by atoms with Crippen LogP contribution in [0.2, 0.25) is 0 Å². The standard InChI is InChI=1S/C8H14BrF2NO2S/c9-5-6-12(7-3-1-2-4-7)15(13,14)8(10)11/h7-8H,1-6H2. The van der Waals surface area contributed by atoms with E-state index >= 15 is 0 Å². The Balaban J connectivity index is 2.81. The number of hydrogen-bond donors (Lipinski definition) is 0. The third-order valence-electron chi connectivity index (χ3n) is 2.59. The summed E-state index contributed by atoms with van der Waals surface area (Å²) in [4.78, 5) is 0. The van der Waals surface area contributed by atoms with Crippen molar-refractivity contribution in [3.8, 4) is 0 Å². The molecule has 0 spiro atoms. The van der Waals surface area contributed by atoms with E-state index in [-0.39, 0.29) is 12.6 Å². The second-order valence-electron chi connectivity index (χ2n) is 3.54. The maximum atomic E-state index is 12.4. The maximum absolute atomic E-state index is 12.4. The molecular weight excluding hydrogens is 292 g/mol. The Morgan fingerprint density at radius 1 is 1.33 bits per heavy atom. The molecule has 3 nitrogen and oxygen atoms in total. The van der Waals surface area contributed by atoms with Gasteiger partial charge in [-0.25, -0.2) is 8.42 Å². The fourth-order valence-corrected chi connectivity index (χ4v) is 3.69. The quantitative estimate of drug-likeness (QED) is 0.730. The van der Waals surface area contributed by atoms with E-state index in [0.29, 0.717) is 18.2 Å². The average Bonchev–Trinajstić information content (AvgIpc) is 2.66. The van der Waals surface area contributed by atoms with Crippen LogP contribution < -0.4 is 0 Å². The number of sulfonamides is 1. The first kappa shape index (κ1) is 13.3. The van der Waals surface area contributed by atoms with Crippen LogP contribution in [-0.2, 0) is 10.0 Å². The van der Waals surface area contributed by atoms with E-state index in [2.05, 4.69) is 15.9 Å². The highest BCUT2D eigenvalue weighted by Gasteiger charge is 2.37. The molecule has 0 aromatic carbocycles. The molecule has 0 N–H and O–H groups in total. The largest absolute Gasteiger partial charge is 0.350 e. The van der Waals surface area contributed by atoms with Gasteiger partial charge in [0.2, 0.25) is 0 Å². The minimum Gasteiger partial charge on any atom is -0.206 e. The number of hydrogen-bond acceptors (Lipinski definition) is 2. The Morgan fingerprint density at radius 2 is 1.87 bits per heavy atom.